The van der Waals surface area contributed by atoms with Gasteiger partial charge in [0.1, 0.15) is 0 Å². The van der Waals surface area contributed by atoms with Gasteiger partial charge in [0.15, 0.2) is 0 Å². The lowest BCUT2D eigenvalue weighted by atomic mass is 9.88. The molecule has 21 heavy (non-hydrogen) atoms. The van der Waals surface area contributed by atoms with Crippen LogP contribution in [0.15, 0.2) is 16.8 Å². The highest BCUT2D eigenvalue weighted by atomic mass is 32.1. The number of carbonyl (C=O) groups is 1. The van der Waals surface area contributed by atoms with E-state index in [2.05, 4.69) is 26.6 Å². The largest absolute Gasteiger partial charge is 0.341 e. The van der Waals surface area contributed by atoms with Gasteiger partial charge in [-0.25, -0.2) is 0 Å². The maximum absolute atomic E-state index is 12.6. The number of hydrogen-bond donors (Lipinski definition) is 0. The van der Waals surface area contributed by atoms with Gasteiger partial charge in [-0.2, -0.15) is 11.3 Å². The van der Waals surface area contributed by atoms with E-state index in [9.17, 15) is 4.79 Å². The van der Waals surface area contributed by atoms with E-state index >= 15 is 0 Å². The van der Waals surface area contributed by atoms with Crippen LogP contribution in [0.4, 0.5) is 0 Å². The first kappa shape index (κ1) is 15.0. The molecule has 2 atom stereocenters. The minimum atomic E-state index is 0.282. The molecule has 3 nitrogen and oxygen atoms in total. The summed E-state index contributed by atoms with van der Waals surface area (Å²) in [5, 5.41) is 4.14. The molecule has 0 N–H and O–H groups in total. The lowest BCUT2D eigenvalue weighted by Crippen LogP contribution is -2.53. The van der Waals surface area contributed by atoms with Crippen LogP contribution in [0.2, 0.25) is 0 Å². The highest BCUT2D eigenvalue weighted by molar-refractivity contribution is 7.07. The first-order chi connectivity index (χ1) is 10.3. The van der Waals surface area contributed by atoms with Gasteiger partial charge in [0.05, 0.1) is 6.42 Å². The van der Waals surface area contributed by atoms with Crippen molar-refractivity contribution in [3.05, 3.63) is 22.4 Å². The Morgan fingerprint density at radius 3 is 2.76 bits per heavy atom. The molecule has 1 saturated heterocycles. The van der Waals surface area contributed by atoms with Crippen LogP contribution in [0.3, 0.4) is 0 Å². The van der Waals surface area contributed by atoms with E-state index in [-0.39, 0.29) is 5.91 Å². The maximum Gasteiger partial charge on any atom is 0.227 e. The molecule has 1 aliphatic carbocycles. The molecule has 1 aliphatic heterocycles. The third kappa shape index (κ3) is 3.49. The Labute approximate surface area is 131 Å². The number of carbonyl (C=O) groups excluding carboxylic acids is 1. The molecule has 0 aromatic carbocycles. The molecule has 2 heterocycles. The van der Waals surface area contributed by atoms with E-state index in [1.807, 2.05) is 7.05 Å². The topological polar surface area (TPSA) is 23.6 Å². The molecular formula is C17H26N2OS. The Kier molecular flexibility index (Phi) is 4.96. The van der Waals surface area contributed by atoms with E-state index in [1.54, 1.807) is 11.3 Å². The fraction of sp³-hybridized carbons (Fsp3) is 0.706. The minimum absolute atomic E-state index is 0.282. The third-order valence-corrected chi connectivity index (χ3v) is 5.86. The number of thiophene rings is 1. The highest BCUT2D eigenvalue weighted by Crippen LogP contribution is 2.29. The molecule has 116 valence electrons. The summed E-state index contributed by atoms with van der Waals surface area (Å²) in [4.78, 5) is 17.3. The predicted octanol–water partition coefficient (Wildman–Crippen LogP) is 3.16. The number of amides is 1. The summed E-state index contributed by atoms with van der Waals surface area (Å²) >= 11 is 1.67. The molecule has 1 aromatic heterocycles. The zero-order valence-corrected chi connectivity index (χ0v) is 13.8. The van der Waals surface area contributed by atoms with Gasteiger partial charge in [-0.3, -0.25) is 9.69 Å². The van der Waals surface area contributed by atoms with Crippen LogP contribution >= 0.6 is 11.3 Å². The lowest BCUT2D eigenvalue weighted by molar-refractivity contribution is -0.133. The van der Waals surface area contributed by atoms with E-state index in [4.69, 9.17) is 0 Å². The first-order valence-electron chi connectivity index (χ1n) is 8.26. The Bertz CT molecular complexity index is 453. The zero-order chi connectivity index (χ0) is 14.7. The van der Waals surface area contributed by atoms with Gasteiger partial charge in [-0.05, 0) is 61.2 Å². The highest BCUT2D eigenvalue weighted by Gasteiger charge is 2.35. The minimum Gasteiger partial charge on any atom is -0.341 e. The van der Waals surface area contributed by atoms with Crippen LogP contribution in [0.1, 0.15) is 44.1 Å². The molecule has 3 rings (SSSR count). The number of nitrogens with zero attached hydrogens (tertiary/aromatic N) is 2. The SMILES string of the molecule is CN(C(=O)Cc1ccsc1)[C@H]1CCCC[C@H]1N1CCCC1. The molecule has 0 bridgehead atoms. The summed E-state index contributed by atoms with van der Waals surface area (Å²) in [6.45, 7) is 2.46. The van der Waals surface area contributed by atoms with Gasteiger partial charge in [0.25, 0.3) is 0 Å². The van der Waals surface area contributed by atoms with Crippen molar-refractivity contribution >= 4 is 17.2 Å². The molecule has 4 heteroatoms. The Morgan fingerprint density at radius 1 is 1.29 bits per heavy atom. The summed E-state index contributed by atoms with van der Waals surface area (Å²) in [5.41, 5.74) is 1.16. The fourth-order valence-corrected chi connectivity index (χ4v) is 4.59. The van der Waals surface area contributed by atoms with E-state index in [0.29, 0.717) is 18.5 Å². The van der Waals surface area contributed by atoms with Gasteiger partial charge in [0, 0.05) is 19.1 Å². The second-order valence-electron chi connectivity index (χ2n) is 6.48. The van der Waals surface area contributed by atoms with Crippen LogP contribution in [-0.2, 0) is 11.2 Å². The van der Waals surface area contributed by atoms with Gasteiger partial charge < -0.3 is 4.90 Å². The number of likely N-dealkylation sites (N-methyl/N-ethyl adjacent to an activating group) is 1. The Balaban J connectivity index is 1.65. The van der Waals surface area contributed by atoms with Gasteiger partial charge in [-0.15, -0.1) is 0 Å². The van der Waals surface area contributed by atoms with E-state index in [0.717, 1.165) is 5.56 Å². The first-order valence-corrected chi connectivity index (χ1v) is 9.21. The summed E-state index contributed by atoms with van der Waals surface area (Å²) in [6.07, 6.45) is 8.25. The second-order valence-corrected chi connectivity index (χ2v) is 7.26. The molecule has 0 unspecified atom stereocenters. The second kappa shape index (κ2) is 6.93. The summed E-state index contributed by atoms with van der Waals surface area (Å²) in [6, 6.07) is 3.08. The normalized spacial score (nSPS) is 26.9. The third-order valence-electron chi connectivity index (χ3n) is 5.13. The average molecular weight is 306 g/mol. The molecule has 1 saturated carbocycles. The van der Waals surface area contributed by atoms with Crippen LogP contribution in [0.25, 0.3) is 0 Å². The van der Waals surface area contributed by atoms with Gasteiger partial charge in [-0.1, -0.05) is 12.8 Å². The monoisotopic (exact) mass is 306 g/mol. The van der Waals surface area contributed by atoms with Crippen molar-refractivity contribution in [2.75, 3.05) is 20.1 Å². The van der Waals surface area contributed by atoms with Crippen LogP contribution in [0, 0.1) is 0 Å². The molecule has 1 aromatic rings. The standard InChI is InChI=1S/C17H26N2OS/c1-18(17(20)12-14-8-11-21-13-14)15-6-2-3-7-16(15)19-9-4-5-10-19/h8,11,13,15-16H,2-7,9-10,12H2,1H3/t15-,16+/m0/s1. The van der Waals surface area contributed by atoms with Crippen molar-refractivity contribution in [3.8, 4) is 0 Å². The Morgan fingerprint density at radius 2 is 2.05 bits per heavy atom. The smallest absolute Gasteiger partial charge is 0.227 e. The molecule has 2 fully saturated rings. The quantitative estimate of drug-likeness (QED) is 0.853. The predicted molar refractivity (Wildman–Crippen MR) is 87.6 cm³/mol. The van der Waals surface area contributed by atoms with Crippen LogP contribution in [0.5, 0.6) is 0 Å². The summed E-state index contributed by atoms with van der Waals surface area (Å²) in [5.74, 6) is 0.282. The van der Waals surface area contributed by atoms with Crippen molar-refractivity contribution in [2.45, 2.75) is 57.0 Å². The zero-order valence-electron chi connectivity index (χ0n) is 13.0. The molecule has 0 radical (unpaired) electrons. The Hall–Kier alpha value is -0.870. The molecule has 2 aliphatic rings. The van der Waals surface area contributed by atoms with Crippen molar-refractivity contribution in [3.63, 3.8) is 0 Å². The fourth-order valence-electron chi connectivity index (χ4n) is 3.92. The molecular weight excluding hydrogens is 280 g/mol. The van der Waals surface area contributed by atoms with Crippen molar-refractivity contribution in [2.24, 2.45) is 0 Å². The van der Waals surface area contributed by atoms with Crippen LogP contribution < -0.4 is 0 Å². The van der Waals surface area contributed by atoms with Crippen molar-refractivity contribution in [1.82, 2.24) is 9.80 Å². The maximum atomic E-state index is 12.6. The lowest BCUT2D eigenvalue weighted by Gasteiger charge is -2.42. The molecule has 0 spiro atoms. The van der Waals surface area contributed by atoms with E-state index in [1.165, 1.54) is 51.6 Å². The van der Waals surface area contributed by atoms with Crippen molar-refractivity contribution < 1.29 is 4.79 Å². The number of hydrogen-bond acceptors (Lipinski definition) is 3. The molecule has 1 amide bonds. The van der Waals surface area contributed by atoms with E-state index < -0.39 is 0 Å². The van der Waals surface area contributed by atoms with Gasteiger partial charge in [0.2, 0.25) is 5.91 Å². The van der Waals surface area contributed by atoms with Crippen LogP contribution in [-0.4, -0.2) is 47.9 Å². The number of likely N-dealkylation sites (tertiary alicyclic amines) is 1. The average Bonchev–Trinajstić information content (AvgIpc) is 3.19. The summed E-state index contributed by atoms with van der Waals surface area (Å²) < 4.78 is 0. The summed E-state index contributed by atoms with van der Waals surface area (Å²) in [7, 11) is 2.02. The number of rotatable bonds is 4. The van der Waals surface area contributed by atoms with Gasteiger partial charge >= 0.3 is 0 Å². The van der Waals surface area contributed by atoms with Crippen molar-refractivity contribution in [1.29, 1.82) is 0 Å².